The van der Waals surface area contributed by atoms with Gasteiger partial charge in [-0.1, -0.05) is 15.9 Å². The Kier molecular flexibility index (Phi) is 3.42. The second-order valence-electron chi connectivity index (χ2n) is 3.39. The summed E-state index contributed by atoms with van der Waals surface area (Å²) in [5.41, 5.74) is 0.328. The van der Waals surface area contributed by atoms with Gasteiger partial charge in [0.05, 0.1) is 26.2 Å². The van der Waals surface area contributed by atoms with Gasteiger partial charge in [-0.05, 0) is 0 Å². The van der Waals surface area contributed by atoms with Crippen molar-refractivity contribution in [3.8, 4) is 11.5 Å². The molecule has 5 nitrogen and oxygen atoms in total. The average Bonchev–Trinajstić information content (AvgIpc) is 2.65. The molecule has 2 aromatic rings. The first-order valence-corrected chi connectivity index (χ1v) is 6.15. The minimum atomic E-state index is -0.166. The Balaban J connectivity index is 2.66. The Bertz CT molecular complexity index is 587. The summed E-state index contributed by atoms with van der Waals surface area (Å²) in [5.74, 6) is 1.06. The number of rotatable bonds is 4. The van der Waals surface area contributed by atoms with Crippen LogP contribution in [0.4, 0.5) is 0 Å². The minimum absolute atomic E-state index is 0.166. The molecule has 0 amide bonds. The Labute approximate surface area is 106 Å². The highest BCUT2D eigenvalue weighted by molar-refractivity contribution is 9.09. The van der Waals surface area contributed by atoms with E-state index >= 15 is 0 Å². The highest BCUT2D eigenvalue weighted by Crippen LogP contribution is 2.30. The summed E-state index contributed by atoms with van der Waals surface area (Å²) < 4.78 is 17.0. The van der Waals surface area contributed by atoms with Crippen LogP contribution in [0.1, 0.15) is 0 Å². The van der Waals surface area contributed by atoms with Crippen LogP contribution in [0.15, 0.2) is 21.5 Å². The topological polar surface area (TPSA) is 53.6 Å². The Morgan fingerprint density at radius 2 is 1.94 bits per heavy atom. The van der Waals surface area contributed by atoms with Crippen molar-refractivity contribution in [1.82, 2.24) is 4.74 Å². The van der Waals surface area contributed by atoms with Crippen LogP contribution in [0.5, 0.6) is 11.5 Å². The van der Waals surface area contributed by atoms with Gasteiger partial charge in [0.25, 0.3) is 5.56 Å². The van der Waals surface area contributed by atoms with E-state index in [1.54, 1.807) is 12.1 Å². The Morgan fingerprint density at radius 3 is 2.53 bits per heavy atom. The zero-order valence-corrected chi connectivity index (χ0v) is 11.1. The summed E-state index contributed by atoms with van der Waals surface area (Å²) in [6.45, 7) is 0.484. The molecule has 1 heterocycles. The number of nitrogens with zero attached hydrogens (tertiary/aromatic N) is 1. The fraction of sp³-hybridized carbons (Fsp3) is 0.364. The third-order valence-corrected chi connectivity index (χ3v) is 2.79. The highest BCUT2D eigenvalue weighted by atomic mass is 79.9. The van der Waals surface area contributed by atoms with Gasteiger partial charge in [0.2, 0.25) is 0 Å². The van der Waals surface area contributed by atoms with Crippen LogP contribution in [0, 0.1) is 0 Å². The van der Waals surface area contributed by atoms with Gasteiger partial charge in [-0.25, -0.2) is 0 Å². The molecule has 1 aromatic carbocycles. The maximum absolute atomic E-state index is 11.9. The molecule has 0 bridgehead atoms. The standard InChI is InChI=1S/C11H12BrNO4/c1-15-9-5-7-8(6-10(9)16-2)17-13(4-3-12)11(7)14/h5-6H,3-4H2,1-2H3. The number of hydrogen-bond donors (Lipinski definition) is 0. The summed E-state index contributed by atoms with van der Waals surface area (Å²) in [7, 11) is 3.07. The minimum Gasteiger partial charge on any atom is -0.493 e. The van der Waals surface area contributed by atoms with Crippen molar-refractivity contribution in [1.29, 1.82) is 0 Å². The first-order valence-electron chi connectivity index (χ1n) is 5.03. The van der Waals surface area contributed by atoms with E-state index in [2.05, 4.69) is 15.9 Å². The lowest BCUT2D eigenvalue weighted by molar-refractivity contribution is 0.294. The lowest BCUT2D eigenvalue weighted by atomic mass is 10.2. The number of halogens is 1. The smallest absolute Gasteiger partial charge is 0.290 e. The van der Waals surface area contributed by atoms with Crippen LogP contribution >= 0.6 is 15.9 Å². The molecule has 0 saturated heterocycles. The predicted molar refractivity (Wildman–Crippen MR) is 67.4 cm³/mol. The number of methoxy groups -OCH3 is 2. The van der Waals surface area contributed by atoms with Crippen molar-refractivity contribution in [3.63, 3.8) is 0 Å². The number of alkyl halides is 1. The maximum Gasteiger partial charge on any atom is 0.290 e. The first-order chi connectivity index (χ1) is 8.21. The van der Waals surface area contributed by atoms with Gasteiger partial charge in [-0.3, -0.25) is 4.79 Å². The van der Waals surface area contributed by atoms with E-state index in [0.717, 1.165) is 0 Å². The molecule has 0 spiro atoms. The van der Waals surface area contributed by atoms with Crippen LogP contribution in [-0.4, -0.2) is 24.3 Å². The maximum atomic E-state index is 11.9. The van der Waals surface area contributed by atoms with Crippen molar-refractivity contribution in [2.24, 2.45) is 0 Å². The van der Waals surface area contributed by atoms with Gasteiger partial charge < -0.3 is 14.0 Å². The van der Waals surface area contributed by atoms with Gasteiger partial charge in [0, 0.05) is 17.5 Å². The van der Waals surface area contributed by atoms with Crippen LogP contribution < -0.4 is 15.0 Å². The van der Waals surface area contributed by atoms with Gasteiger partial charge in [-0.2, -0.15) is 4.74 Å². The van der Waals surface area contributed by atoms with Crippen LogP contribution in [-0.2, 0) is 6.54 Å². The van der Waals surface area contributed by atoms with Crippen LogP contribution in [0.25, 0.3) is 11.0 Å². The lowest BCUT2D eigenvalue weighted by Crippen LogP contribution is -2.14. The highest BCUT2D eigenvalue weighted by Gasteiger charge is 2.14. The van der Waals surface area contributed by atoms with Gasteiger partial charge in [0.1, 0.15) is 0 Å². The monoisotopic (exact) mass is 301 g/mol. The second kappa shape index (κ2) is 4.83. The molecule has 0 N–H and O–H groups in total. The summed E-state index contributed by atoms with van der Waals surface area (Å²) in [6.07, 6.45) is 0. The molecule has 0 fully saturated rings. The lowest BCUT2D eigenvalue weighted by Gasteiger charge is -2.05. The molecule has 0 saturated carbocycles. The van der Waals surface area contributed by atoms with E-state index in [4.69, 9.17) is 14.0 Å². The van der Waals surface area contributed by atoms with E-state index < -0.39 is 0 Å². The predicted octanol–water partition coefficient (Wildman–Crippen LogP) is 2.01. The first kappa shape index (κ1) is 12.0. The van der Waals surface area contributed by atoms with E-state index in [1.807, 2.05) is 0 Å². The SMILES string of the molecule is COc1cc2on(CCBr)c(=O)c2cc1OC. The number of aryl methyl sites for hydroxylation is 1. The van der Waals surface area contributed by atoms with Gasteiger partial charge in [0.15, 0.2) is 17.1 Å². The fourth-order valence-electron chi connectivity index (χ4n) is 1.62. The fourth-order valence-corrected chi connectivity index (χ4v) is 1.94. The summed E-state index contributed by atoms with van der Waals surface area (Å²) in [4.78, 5) is 11.9. The zero-order chi connectivity index (χ0) is 12.4. The van der Waals surface area contributed by atoms with E-state index in [-0.39, 0.29) is 5.56 Å². The average molecular weight is 302 g/mol. The van der Waals surface area contributed by atoms with Crippen LogP contribution in [0.3, 0.4) is 0 Å². The molecular weight excluding hydrogens is 290 g/mol. The van der Waals surface area contributed by atoms with Crippen molar-refractivity contribution in [3.05, 3.63) is 22.5 Å². The number of benzene rings is 1. The normalized spacial score (nSPS) is 10.8. The van der Waals surface area contributed by atoms with Gasteiger partial charge >= 0.3 is 0 Å². The molecule has 0 aliphatic heterocycles. The quantitative estimate of drug-likeness (QED) is 0.811. The van der Waals surface area contributed by atoms with Crippen molar-refractivity contribution in [2.45, 2.75) is 6.54 Å². The number of ether oxygens (including phenoxy) is 2. The van der Waals surface area contributed by atoms with E-state index in [9.17, 15) is 4.79 Å². The second-order valence-corrected chi connectivity index (χ2v) is 4.18. The third kappa shape index (κ3) is 2.04. The van der Waals surface area contributed by atoms with E-state index in [0.29, 0.717) is 34.3 Å². The Hall–Kier alpha value is -1.43. The van der Waals surface area contributed by atoms with Crippen LogP contribution in [0.2, 0.25) is 0 Å². The van der Waals surface area contributed by atoms with Gasteiger partial charge in [-0.15, -0.1) is 0 Å². The number of fused-ring (bicyclic) bond motifs is 1. The third-order valence-electron chi connectivity index (χ3n) is 2.44. The van der Waals surface area contributed by atoms with Crippen molar-refractivity contribution in [2.75, 3.05) is 19.5 Å². The Morgan fingerprint density at radius 1 is 1.29 bits per heavy atom. The molecule has 0 radical (unpaired) electrons. The molecular formula is C11H12BrNO4. The van der Waals surface area contributed by atoms with E-state index in [1.165, 1.54) is 19.0 Å². The van der Waals surface area contributed by atoms with Crippen molar-refractivity contribution >= 4 is 26.9 Å². The largest absolute Gasteiger partial charge is 0.493 e. The molecule has 17 heavy (non-hydrogen) atoms. The number of hydrogen-bond acceptors (Lipinski definition) is 4. The molecule has 0 aliphatic carbocycles. The summed E-state index contributed by atoms with van der Waals surface area (Å²) in [6, 6.07) is 3.28. The molecule has 0 unspecified atom stereocenters. The summed E-state index contributed by atoms with van der Waals surface area (Å²) >= 11 is 3.26. The van der Waals surface area contributed by atoms with Crippen molar-refractivity contribution < 1.29 is 14.0 Å². The molecule has 92 valence electrons. The molecule has 1 aromatic heterocycles. The molecule has 2 rings (SSSR count). The zero-order valence-electron chi connectivity index (χ0n) is 9.53. The molecule has 0 aliphatic rings. The molecule has 6 heteroatoms. The molecule has 0 atom stereocenters. The number of aromatic nitrogens is 1. The summed E-state index contributed by atoms with van der Waals surface area (Å²) in [5, 5.41) is 1.14.